The van der Waals surface area contributed by atoms with E-state index < -0.39 is 0 Å². The Morgan fingerprint density at radius 3 is 2.31 bits per heavy atom. The Morgan fingerprint density at radius 2 is 1.62 bits per heavy atom. The molecule has 0 fully saturated rings. The third kappa shape index (κ3) is 6.97. The van der Waals surface area contributed by atoms with E-state index in [1.807, 2.05) is 30.5 Å². The normalized spacial score (nSPS) is 11.2. The minimum Gasteiger partial charge on any atom is -0.489 e. The Hall–Kier alpha value is -2.76. The molecule has 0 saturated heterocycles. The molecule has 0 spiro atoms. The highest BCUT2D eigenvalue weighted by atomic mass is 19.1. The number of likely N-dealkylation sites (N-methyl/N-ethyl adjacent to an activating group) is 1. The van der Waals surface area contributed by atoms with Crippen LogP contribution in [0.2, 0.25) is 0 Å². The maximum Gasteiger partial charge on any atom is 0.129 e. The zero-order valence-electron chi connectivity index (χ0n) is 17.1. The van der Waals surface area contributed by atoms with Crippen LogP contribution in [0.4, 0.5) is 4.39 Å². The first-order valence-electron chi connectivity index (χ1n) is 9.81. The quantitative estimate of drug-likeness (QED) is 0.512. The van der Waals surface area contributed by atoms with E-state index in [-0.39, 0.29) is 12.4 Å². The van der Waals surface area contributed by atoms with Crippen molar-refractivity contribution in [2.75, 3.05) is 27.2 Å². The Bertz CT molecular complexity index is 869. The second kappa shape index (κ2) is 10.7. The number of aromatic nitrogens is 1. The fourth-order valence-electron chi connectivity index (χ4n) is 3.03. The zero-order valence-corrected chi connectivity index (χ0v) is 17.1. The van der Waals surface area contributed by atoms with Gasteiger partial charge in [0.05, 0.1) is 0 Å². The van der Waals surface area contributed by atoms with Gasteiger partial charge in [-0.2, -0.15) is 0 Å². The molecule has 0 atom stereocenters. The van der Waals surface area contributed by atoms with Gasteiger partial charge in [-0.25, -0.2) is 4.39 Å². The molecule has 3 aromatic rings. The van der Waals surface area contributed by atoms with Crippen molar-refractivity contribution in [2.45, 2.75) is 19.7 Å². The lowest BCUT2D eigenvalue weighted by molar-refractivity contribution is 0.226. The van der Waals surface area contributed by atoms with E-state index in [9.17, 15) is 4.39 Å². The summed E-state index contributed by atoms with van der Waals surface area (Å²) in [5.41, 5.74) is 2.98. The van der Waals surface area contributed by atoms with Crippen LogP contribution in [0.3, 0.4) is 0 Å². The number of hydrogen-bond donors (Lipinski definition) is 0. The summed E-state index contributed by atoms with van der Waals surface area (Å²) >= 11 is 0. The fourth-order valence-corrected chi connectivity index (χ4v) is 3.03. The van der Waals surface area contributed by atoms with Gasteiger partial charge >= 0.3 is 0 Å². The molecule has 0 saturated carbocycles. The van der Waals surface area contributed by atoms with Crippen molar-refractivity contribution in [2.24, 2.45) is 0 Å². The van der Waals surface area contributed by atoms with Crippen LogP contribution < -0.4 is 4.74 Å². The lowest BCUT2D eigenvalue weighted by atomic mass is 10.2. The predicted octanol–water partition coefficient (Wildman–Crippen LogP) is 4.36. The second-order valence-electron chi connectivity index (χ2n) is 7.40. The summed E-state index contributed by atoms with van der Waals surface area (Å²) in [5.74, 6) is 0.500. The molecular weight excluding hydrogens is 365 g/mol. The molecule has 1 aromatic heterocycles. The van der Waals surface area contributed by atoms with Crippen LogP contribution in [0.1, 0.15) is 16.7 Å². The summed E-state index contributed by atoms with van der Waals surface area (Å²) < 4.78 is 19.5. The van der Waals surface area contributed by atoms with Crippen LogP contribution in [0.25, 0.3) is 0 Å². The van der Waals surface area contributed by atoms with Crippen molar-refractivity contribution >= 4 is 0 Å². The summed E-state index contributed by atoms with van der Waals surface area (Å²) in [6.45, 7) is 3.88. The molecule has 0 unspecified atom stereocenters. The van der Waals surface area contributed by atoms with E-state index in [0.29, 0.717) is 5.56 Å². The van der Waals surface area contributed by atoms with Gasteiger partial charge in [0.2, 0.25) is 0 Å². The molecule has 2 aromatic carbocycles. The molecule has 3 rings (SSSR count). The first-order valence-corrected chi connectivity index (χ1v) is 9.81. The summed E-state index contributed by atoms with van der Waals surface area (Å²) in [4.78, 5) is 8.82. The lowest BCUT2D eigenvalue weighted by Crippen LogP contribution is -2.31. The molecule has 29 heavy (non-hydrogen) atoms. The zero-order chi connectivity index (χ0) is 20.5. The first kappa shape index (κ1) is 21.0. The number of hydrogen-bond acceptors (Lipinski definition) is 4. The molecule has 0 N–H and O–H groups in total. The molecule has 1 heterocycles. The highest BCUT2D eigenvalue weighted by molar-refractivity contribution is 5.28. The standard InChI is InChI=1S/C24H28FN3O/c1-27(2)14-15-28(18-21-6-5-13-26-16-21)17-20-9-11-23(12-10-20)29-19-22-7-3-4-8-24(22)25/h3-13,16H,14-15,17-19H2,1-2H3. The lowest BCUT2D eigenvalue weighted by Gasteiger charge is -2.24. The molecule has 0 amide bonds. The van der Waals surface area contributed by atoms with Gasteiger partial charge in [-0.05, 0) is 49.5 Å². The van der Waals surface area contributed by atoms with Crippen molar-refractivity contribution in [1.29, 1.82) is 0 Å². The van der Waals surface area contributed by atoms with Gasteiger partial charge in [0, 0.05) is 44.1 Å². The van der Waals surface area contributed by atoms with Crippen LogP contribution in [0.15, 0.2) is 73.1 Å². The predicted molar refractivity (Wildman–Crippen MR) is 114 cm³/mol. The van der Waals surface area contributed by atoms with Gasteiger partial charge < -0.3 is 9.64 Å². The van der Waals surface area contributed by atoms with E-state index in [1.54, 1.807) is 18.3 Å². The summed E-state index contributed by atoms with van der Waals surface area (Å²) in [7, 11) is 4.17. The van der Waals surface area contributed by atoms with Gasteiger partial charge in [-0.3, -0.25) is 9.88 Å². The third-order valence-corrected chi connectivity index (χ3v) is 4.67. The molecule has 5 heteroatoms. The van der Waals surface area contributed by atoms with Crippen molar-refractivity contribution in [3.8, 4) is 5.75 Å². The Balaban J connectivity index is 1.59. The minimum atomic E-state index is -0.240. The first-order chi connectivity index (χ1) is 14.1. The van der Waals surface area contributed by atoms with E-state index >= 15 is 0 Å². The minimum absolute atomic E-state index is 0.224. The number of ether oxygens (including phenoxy) is 1. The highest BCUT2D eigenvalue weighted by Crippen LogP contribution is 2.17. The number of halogens is 1. The Morgan fingerprint density at radius 1 is 0.862 bits per heavy atom. The van der Waals surface area contributed by atoms with Gasteiger partial charge in [0.25, 0.3) is 0 Å². The number of nitrogens with zero attached hydrogens (tertiary/aromatic N) is 3. The molecule has 0 aliphatic heterocycles. The van der Waals surface area contributed by atoms with Crippen LogP contribution in [-0.2, 0) is 19.7 Å². The summed E-state index contributed by atoms with van der Waals surface area (Å²) in [6.07, 6.45) is 3.72. The highest BCUT2D eigenvalue weighted by Gasteiger charge is 2.09. The summed E-state index contributed by atoms with van der Waals surface area (Å²) in [5, 5.41) is 0. The van der Waals surface area contributed by atoms with Crippen LogP contribution >= 0.6 is 0 Å². The average Bonchev–Trinajstić information content (AvgIpc) is 2.73. The molecule has 152 valence electrons. The maximum atomic E-state index is 13.7. The molecule has 0 aliphatic carbocycles. The maximum absolute atomic E-state index is 13.7. The van der Waals surface area contributed by atoms with E-state index in [4.69, 9.17) is 4.74 Å². The molecule has 0 aliphatic rings. The topological polar surface area (TPSA) is 28.6 Å². The molecule has 0 radical (unpaired) electrons. The fraction of sp³-hybridized carbons (Fsp3) is 0.292. The second-order valence-corrected chi connectivity index (χ2v) is 7.40. The third-order valence-electron chi connectivity index (χ3n) is 4.67. The van der Waals surface area contributed by atoms with Gasteiger partial charge in [0.1, 0.15) is 18.2 Å². The molecular formula is C24H28FN3O. The SMILES string of the molecule is CN(C)CCN(Cc1ccc(OCc2ccccc2F)cc1)Cc1cccnc1. The Kier molecular flexibility index (Phi) is 7.73. The van der Waals surface area contributed by atoms with E-state index in [0.717, 1.165) is 31.9 Å². The van der Waals surface area contributed by atoms with Crippen molar-refractivity contribution < 1.29 is 9.13 Å². The van der Waals surface area contributed by atoms with Crippen LogP contribution in [0.5, 0.6) is 5.75 Å². The number of benzene rings is 2. The monoisotopic (exact) mass is 393 g/mol. The van der Waals surface area contributed by atoms with E-state index in [2.05, 4.69) is 47.1 Å². The Labute approximate surface area is 172 Å². The van der Waals surface area contributed by atoms with Gasteiger partial charge in [-0.1, -0.05) is 36.4 Å². The van der Waals surface area contributed by atoms with Crippen LogP contribution in [0, 0.1) is 5.82 Å². The molecule has 4 nitrogen and oxygen atoms in total. The van der Waals surface area contributed by atoms with Crippen molar-refractivity contribution in [3.05, 3.63) is 95.6 Å². The van der Waals surface area contributed by atoms with Crippen molar-refractivity contribution in [3.63, 3.8) is 0 Å². The smallest absolute Gasteiger partial charge is 0.129 e. The van der Waals surface area contributed by atoms with Crippen molar-refractivity contribution in [1.82, 2.24) is 14.8 Å². The number of pyridine rings is 1. The summed E-state index contributed by atoms with van der Waals surface area (Å²) in [6, 6.07) is 18.8. The van der Waals surface area contributed by atoms with Crippen LogP contribution in [-0.4, -0.2) is 42.0 Å². The van der Waals surface area contributed by atoms with Gasteiger partial charge in [-0.15, -0.1) is 0 Å². The largest absolute Gasteiger partial charge is 0.489 e. The van der Waals surface area contributed by atoms with E-state index in [1.165, 1.54) is 17.2 Å². The van der Waals surface area contributed by atoms with Gasteiger partial charge in [0.15, 0.2) is 0 Å². The average molecular weight is 394 g/mol. The number of rotatable bonds is 10. The molecule has 0 bridgehead atoms.